The lowest BCUT2D eigenvalue weighted by Gasteiger charge is -2.25. The number of carbonyl (C=O) groups is 1. The number of anilines is 1. The summed E-state index contributed by atoms with van der Waals surface area (Å²) >= 11 is 3.31. The molecule has 3 aromatic rings. The van der Waals surface area contributed by atoms with Gasteiger partial charge in [0.1, 0.15) is 12.0 Å². The van der Waals surface area contributed by atoms with Crippen LogP contribution in [0, 0.1) is 0 Å². The van der Waals surface area contributed by atoms with E-state index in [9.17, 15) is 9.59 Å². The van der Waals surface area contributed by atoms with E-state index >= 15 is 0 Å². The van der Waals surface area contributed by atoms with Crippen LogP contribution in [-0.4, -0.2) is 47.0 Å². The van der Waals surface area contributed by atoms with Crippen LogP contribution < -0.4 is 15.5 Å². The number of aromatic nitrogens is 1. The smallest absolute Gasteiger partial charge is 0.264 e. The second kappa shape index (κ2) is 8.76. The molecule has 0 radical (unpaired) electrons. The molecule has 0 saturated carbocycles. The van der Waals surface area contributed by atoms with Gasteiger partial charge in [-0.25, -0.2) is 4.98 Å². The van der Waals surface area contributed by atoms with E-state index < -0.39 is 0 Å². The summed E-state index contributed by atoms with van der Waals surface area (Å²) in [7, 11) is 0. The number of ether oxygens (including phenoxy) is 1. The van der Waals surface area contributed by atoms with Crippen molar-refractivity contribution in [2.24, 2.45) is 0 Å². The van der Waals surface area contributed by atoms with Gasteiger partial charge in [0.25, 0.3) is 5.91 Å². The maximum absolute atomic E-state index is 12.2. The minimum absolute atomic E-state index is 0.0254. The molecule has 4 rings (SSSR count). The summed E-state index contributed by atoms with van der Waals surface area (Å²) < 4.78 is 11.8. The van der Waals surface area contributed by atoms with Crippen molar-refractivity contribution in [1.82, 2.24) is 9.88 Å². The minimum Gasteiger partial charge on any atom is -0.477 e. The van der Waals surface area contributed by atoms with Crippen molar-refractivity contribution in [2.45, 2.75) is 6.54 Å². The maximum atomic E-state index is 12.2. The number of fused-ring (bicyclic) bond motifs is 1. The Balaban J connectivity index is 1.32. The van der Waals surface area contributed by atoms with Crippen molar-refractivity contribution in [3.8, 4) is 5.75 Å². The molecule has 2 aromatic heterocycles. The maximum Gasteiger partial charge on any atom is 0.264 e. The molecule has 146 valence electrons. The number of nitrogens with one attached hydrogen (secondary N) is 1. The molecule has 1 saturated heterocycles. The topological polar surface area (TPSA) is 84.7 Å². The molecule has 0 atom stereocenters. The van der Waals surface area contributed by atoms with Crippen LogP contribution in [0.15, 0.2) is 45.8 Å². The Hall–Kier alpha value is -2.36. The fourth-order valence-electron chi connectivity index (χ4n) is 2.83. The highest BCUT2D eigenvalue weighted by Crippen LogP contribution is 2.25. The second-order valence-corrected chi connectivity index (χ2v) is 8.54. The molecule has 0 unspecified atom stereocenters. The zero-order chi connectivity index (χ0) is 19.3. The largest absolute Gasteiger partial charge is 0.477 e. The van der Waals surface area contributed by atoms with Crippen molar-refractivity contribution in [1.29, 1.82) is 0 Å². The van der Waals surface area contributed by atoms with Gasteiger partial charge >= 0.3 is 0 Å². The molecular weight excluding hydrogens is 398 g/mol. The number of hydrogen-bond acceptors (Lipinski definition) is 8. The first-order valence-electron chi connectivity index (χ1n) is 8.87. The van der Waals surface area contributed by atoms with Crippen LogP contribution in [0.25, 0.3) is 10.2 Å². The van der Waals surface area contributed by atoms with E-state index in [4.69, 9.17) is 9.15 Å². The zero-order valence-electron chi connectivity index (χ0n) is 15.1. The third-order valence-corrected chi connectivity index (χ3v) is 6.13. The van der Waals surface area contributed by atoms with Crippen molar-refractivity contribution in [2.75, 3.05) is 36.5 Å². The predicted molar refractivity (Wildman–Crippen MR) is 111 cm³/mol. The number of thiazole rings is 1. The first-order chi connectivity index (χ1) is 13.7. The van der Waals surface area contributed by atoms with Crippen LogP contribution in [0.2, 0.25) is 0 Å². The molecule has 1 aliphatic rings. The van der Waals surface area contributed by atoms with Crippen molar-refractivity contribution in [3.63, 3.8) is 0 Å². The summed E-state index contributed by atoms with van der Waals surface area (Å²) in [6.45, 7) is 2.29. The fourth-order valence-corrected chi connectivity index (χ4v) is 4.69. The van der Waals surface area contributed by atoms with Crippen LogP contribution in [-0.2, 0) is 11.3 Å². The number of hydrogen-bond donors (Lipinski definition) is 1. The van der Waals surface area contributed by atoms with Gasteiger partial charge in [0, 0.05) is 30.7 Å². The molecule has 0 spiro atoms. The molecule has 1 fully saturated rings. The van der Waals surface area contributed by atoms with Gasteiger partial charge in [0.2, 0.25) is 11.2 Å². The van der Waals surface area contributed by atoms with Crippen LogP contribution >= 0.6 is 23.1 Å². The summed E-state index contributed by atoms with van der Waals surface area (Å²) in [6.07, 6.45) is 1.28. The van der Waals surface area contributed by atoms with E-state index in [-0.39, 0.29) is 23.7 Å². The Kier molecular flexibility index (Phi) is 5.94. The van der Waals surface area contributed by atoms with E-state index in [0.29, 0.717) is 17.4 Å². The van der Waals surface area contributed by atoms with Gasteiger partial charge in [-0.2, -0.15) is 11.8 Å². The van der Waals surface area contributed by atoms with E-state index in [1.165, 1.54) is 23.7 Å². The number of amides is 1. The average Bonchev–Trinajstić information content (AvgIpc) is 3.10. The Bertz CT molecular complexity index is 994. The Morgan fingerprint density at radius 2 is 2.11 bits per heavy atom. The molecule has 3 heterocycles. The molecule has 7 nitrogen and oxygen atoms in total. The van der Waals surface area contributed by atoms with Crippen LogP contribution in [0.3, 0.4) is 0 Å². The highest BCUT2D eigenvalue weighted by molar-refractivity contribution is 7.99. The number of benzene rings is 1. The van der Waals surface area contributed by atoms with Gasteiger partial charge in [-0.05, 0) is 12.1 Å². The Morgan fingerprint density at radius 1 is 1.29 bits per heavy atom. The van der Waals surface area contributed by atoms with Crippen LogP contribution in [0.5, 0.6) is 5.75 Å². The Morgan fingerprint density at radius 3 is 2.89 bits per heavy atom. The average molecular weight is 418 g/mol. The standard InChI is InChI=1S/C19H19N3O4S2/c23-15-9-13(10-22-5-7-27-8-6-22)25-11-16(15)26-12-18(24)21-19-20-14-3-1-2-4-17(14)28-19/h1-4,9,11H,5-8,10,12H2,(H,20,21,24). The van der Waals surface area contributed by atoms with Crippen molar-refractivity contribution < 1.29 is 13.9 Å². The van der Waals surface area contributed by atoms with E-state index in [0.717, 1.165) is 34.8 Å². The van der Waals surface area contributed by atoms with Gasteiger partial charge in [-0.3, -0.25) is 19.8 Å². The first kappa shape index (κ1) is 19.0. The predicted octanol–water partition coefficient (Wildman–Crippen LogP) is 2.82. The number of nitrogens with zero attached hydrogens (tertiary/aromatic N) is 2. The van der Waals surface area contributed by atoms with E-state index in [1.807, 2.05) is 36.0 Å². The number of para-hydroxylation sites is 1. The minimum atomic E-state index is -0.381. The molecule has 1 amide bonds. The van der Waals surface area contributed by atoms with Gasteiger partial charge in [0.15, 0.2) is 11.7 Å². The molecule has 0 bridgehead atoms. The lowest BCUT2D eigenvalue weighted by molar-refractivity contribution is -0.118. The lowest BCUT2D eigenvalue weighted by atomic mass is 10.3. The summed E-state index contributed by atoms with van der Waals surface area (Å²) in [5.41, 5.74) is 0.535. The third kappa shape index (κ3) is 4.73. The van der Waals surface area contributed by atoms with E-state index in [2.05, 4.69) is 15.2 Å². The second-order valence-electron chi connectivity index (χ2n) is 6.29. The molecule has 1 aromatic carbocycles. The fraction of sp³-hybridized carbons (Fsp3) is 0.316. The molecular formula is C19H19N3O4S2. The summed E-state index contributed by atoms with van der Waals surface area (Å²) in [5.74, 6) is 2.43. The summed E-state index contributed by atoms with van der Waals surface area (Å²) in [6, 6.07) is 9.07. The first-order valence-corrected chi connectivity index (χ1v) is 10.8. The Labute approximate surface area is 169 Å². The quantitative estimate of drug-likeness (QED) is 0.660. The molecule has 9 heteroatoms. The highest BCUT2D eigenvalue weighted by atomic mass is 32.2. The zero-order valence-corrected chi connectivity index (χ0v) is 16.7. The van der Waals surface area contributed by atoms with Crippen LogP contribution in [0.4, 0.5) is 5.13 Å². The number of thioether (sulfide) groups is 1. The monoisotopic (exact) mass is 417 g/mol. The van der Waals surface area contributed by atoms with Gasteiger partial charge < -0.3 is 9.15 Å². The van der Waals surface area contributed by atoms with Crippen molar-refractivity contribution in [3.05, 3.63) is 52.6 Å². The highest BCUT2D eigenvalue weighted by Gasteiger charge is 2.14. The van der Waals surface area contributed by atoms with Crippen LogP contribution in [0.1, 0.15) is 5.76 Å². The van der Waals surface area contributed by atoms with Gasteiger partial charge in [0.05, 0.1) is 16.8 Å². The number of carbonyl (C=O) groups excluding carboxylic acids is 1. The number of rotatable bonds is 6. The van der Waals surface area contributed by atoms with Gasteiger partial charge in [-0.1, -0.05) is 23.5 Å². The molecule has 1 N–H and O–H groups in total. The third-order valence-electron chi connectivity index (χ3n) is 4.23. The molecule has 0 aliphatic carbocycles. The van der Waals surface area contributed by atoms with Crippen molar-refractivity contribution >= 4 is 44.4 Å². The molecule has 28 heavy (non-hydrogen) atoms. The summed E-state index contributed by atoms with van der Waals surface area (Å²) in [4.78, 5) is 30.9. The SMILES string of the molecule is O=C(COc1coc(CN2CCSCC2)cc1=O)Nc1nc2ccccc2s1. The van der Waals surface area contributed by atoms with E-state index in [1.54, 1.807) is 0 Å². The lowest BCUT2D eigenvalue weighted by Crippen LogP contribution is -2.32. The van der Waals surface area contributed by atoms with Gasteiger partial charge in [-0.15, -0.1) is 0 Å². The summed E-state index contributed by atoms with van der Waals surface area (Å²) in [5, 5.41) is 3.19. The molecule has 1 aliphatic heterocycles. The normalized spacial score (nSPS) is 14.9.